The number of aliphatic hydroxyl groups excluding tert-OH is 1. The minimum atomic E-state index is -1.27. The number of carboxylic acids is 2. The summed E-state index contributed by atoms with van der Waals surface area (Å²) in [4.78, 5) is 35.4. The van der Waals surface area contributed by atoms with Crippen molar-refractivity contribution < 1.29 is 29.3 Å². The van der Waals surface area contributed by atoms with Crippen molar-refractivity contribution in [3.8, 4) is 0 Å². The topological polar surface area (TPSA) is 132 Å². The average Bonchev–Trinajstić information content (AvgIpc) is 2.68. The highest BCUT2D eigenvalue weighted by Gasteiger charge is 2.33. The molecule has 11 heteroatoms. The maximum absolute atomic E-state index is 14.6. The molecule has 1 fully saturated rings. The molecular formula is C19H22FN3O6S. The van der Waals surface area contributed by atoms with Gasteiger partial charge in [-0.05, 0) is 26.0 Å². The van der Waals surface area contributed by atoms with Crippen LogP contribution in [0.15, 0.2) is 22.0 Å². The maximum Gasteiger partial charge on any atom is 0.342 e. The molecule has 9 nitrogen and oxygen atoms in total. The van der Waals surface area contributed by atoms with Crippen molar-refractivity contribution in [3.05, 3.63) is 33.7 Å². The molecule has 2 aliphatic rings. The van der Waals surface area contributed by atoms with Gasteiger partial charge in [0.1, 0.15) is 17.5 Å². The summed E-state index contributed by atoms with van der Waals surface area (Å²) in [6, 6.07) is 2.87. The Bertz CT molecular complexity index is 1060. The number of halogens is 1. The molecule has 2 aromatic rings. The van der Waals surface area contributed by atoms with Crippen LogP contribution in [-0.2, 0) is 4.79 Å². The summed E-state index contributed by atoms with van der Waals surface area (Å²) in [5.74, 6) is -2.94. The fourth-order valence-corrected chi connectivity index (χ4v) is 4.53. The van der Waals surface area contributed by atoms with Gasteiger partial charge in [0, 0.05) is 31.6 Å². The zero-order chi connectivity index (χ0) is 22.2. The average molecular weight is 439 g/mol. The highest BCUT2D eigenvalue weighted by molar-refractivity contribution is 8.00. The van der Waals surface area contributed by atoms with Gasteiger partial charge in [-0.3, -0.25) is 4.79 Å². The quantitative estimate of drug-likeness (QED) is 0.559. The lowest BCUT2D eigenvalue weighted by Crippen LogP contribution is -2.44. The third kappa shape index (κ3) is 4.00. The molecule has 4 rings (SSSR count). The number of carbonyl (C=O) groups is 2. The fraction of sp³-hybridized carbons (Fsp3) is 0.421. The van der Waals surface area contributed by atoms with Gasteiger partial charge in [-0.15, -0.1) is 0 Å². The molecule has 2 atom stereocenters. The van der Waals surface area contributed by atoms with Gasteiger partial charge in [-0.25, -0.2) is 14.0 Å². The molecular weight excluding hydrogens is 417 g/mol. The molecule has 1 saturated heterocycles. The van der Waals surface area contributed by atoms with Crippen LogP contribution >= 0.6 is 11.8 Å². The van der Waals surface area contributed by atoms with Gasteiger partial charge < -0.3 is 30.1 Å². The molecule has 0 spiro atoms. The molecule has 162 valence electrons. The largest absolute Gasteiger partial charge is 0.479 e. The predicted molar refractivity (Wildman–Crippen MR) is 110 cm³/mol. The van der Waals surface area contributed by atoms with E-state index in [4.69, 9.17) is 10.2 Å². The number of piperazine rings is 1. The van der Waals surface area contributed by atoms with Crippen molar-refractivity contribution in [2.75, 3.05) is 31.1 Å². The SMILES string of the molecule is CC(O)C(=O)O.CC1Sc2c(C(=O)O)c(=O)c3cc(F)c(N4CCNCC4)cc3n21. The van der Waals surface area contributed by atoms with E-state index >= 15 is 0 Å². The van der Waals surface area contributed by atoms with Crippen LogP contribution in [0.2, 0.25) is 0 Å². The van der Waals surface area contributed by atoms with Crippen LogP contribution < -0.4 is 15.6 Å². The Kier molecular flexibility index (Phi) is 6.34. The Morgan fingerprint density at radius 3 is 2.37 bits per heavy atom. The number of nitrogens with one attached hydrogen (secondary N) is 1. The van der Waals surface area contributed by atoms with E-state index in [9.17, 15) is 23.9 Å². The van der Waals surface area contributed by atoms with Crippen molar-refractivity contribution in [2.45, 2.75) is 30.4 Å². The number of hydrogen-bond acceptors (Lipinski definition) is 7. The monoisotopic (exact) mass is 439 g/mol. The number of rotatable bonds is 3. The van der Waals surface area contributed by atoms with Gasteiger partial charge in [-0.1, -0.05) is 11.8 Å². The summed E-state index contributed by atoms with van der Waals surface area (Å²) in [6.07, 6.45) is -1.23. The van der Waals surface area contributed by atoms with Crippen molar-refractivity contribution in [3.63, 3.8) is 0 Å². The van der Waals surface area contributed by atoms with E-state index in [2.05, 4.69) is 5.32 Å². The number of thioether (sulfide) groups is 1. The molecule has 2 aliphatic heterocycles. The minimum Gasteiger partial charge on any atom is -0.479 e. The lowest BCUT2D eigenvalue weighted by molar-refractivity contribution is -0.145. The highest BCUT2D eigenvalue weighted by Crippen LogP contribution is 2.46. The summed E-state index contributed by atoms with van der Waals surface area (Å²) in [5.41, 5.74) is 0.181. The zero-order valence-corrected chi connectivity index (χ0v) is 17.2. The van der Waals surface area contributed by atoms with E-state index in [1.54, 1.807) is 6.07 Å². The van der Waals surface area contributed by atoms with Crippen molar-refractivity contribution in [2.24, 2.45) is 0 Å². The van der Waals surface area contributed by atoms with Crippen molar-refractivity contribution >= 4 is 40.3 Å². The van der Waals surface area contributed by atoms with Gasteiger partial charge in [-0.2, -0.15) is 0 Å². The number of carboxylic acid groups (broad SMARTS) is 2. The standard InChI is InChI=1S/C16H16FN3O3S.C3H6O3/c1-8-20-11-7-12(19-4-2-18-3-5-19)10(17)6-9(11)14(21)13(16(22)23)15(20)24-8;1-2(4)3(5)6/h6-8,18H,2-5H2,1H3,(H,22,23);2,4H,1H3,(H,5,6). The van der Waals surface area contributed by atoms with E-state index in [0.29, 0.717) is 29.3 Å². The van der Waals surface area contributed by atoms with Crippen molar-refractivity contribution in [1.29, 1.82) is 0 Å². The van der Waals surface area contributed by atoms with E-state index in [-0.39, 0.29) is 16.3 Å². The summed E-state index contributed by atoms with van der Waals surface area (Å²) in [6.45, 7) is 6.07. The highest BCUT2D eigenvalue weighted by atomic mass is 32.2. The summed E-state index contributed by atoms with van der Waals surface area (Å²) >= 11 is 1.35. The Morgan fingerprint density at radius 1 is 1.27 bits per heavy atom. The van der Waals surface area contributed by atoms with Crippen LogP contribution in [0.5, 0.6) is 0 Å². The molecule has 2 unspecified atom stereocenters. The Labute approximate surface area is 175 Å². The van der Waals surface area contributed by atoms with Crippen LogP contribution in [0.25, 0.3) is 10.9 Å². The normalized spacial score (nSPS) is 18.7. The fourth-order valence-electron chi connectivity index (χ4n) is 3.37. The Hall–Kier alpha value is -2.63. The van der Waals surface area contributed by atoms with E-state index < -0.39 is 29.3 Å². The second-order valence-electron chi connectivity index (χ2n) is 6.97. The smallest absolute Gasteiger partial charge is 0.342 e. The number of nitrogens with zero attached hydrogens (tertiary/aromatic N) is 2. The number of aromatic carboxylic acids is 1. The molecule has 4 N–H and O–H groups in total. The van der Waals surface area contributed by atoms with Crippen LogP contribution in [0.3, 0.4) is 0 Å². The first-order chi connectivity index (χ1) is 14.1. The van der Waals surface area contributed by atoms with Gasteiger partial charge in [0.25, 0.3) is 0 Å². The summed E-state index contributed by atoms with van der Waals surface area (Å²) < 4.78 is 16.4. The summed E-state index contributed by atoms with van der Waals surface area (Å²) in [7, 11) is 0. The molecule has 3 heterocycles. The predicted octanol–water partition coefficient (Wildman–Crippen LogP) is 1.32. The number of aliphatic carboxylic acids is 1. The first-order valence-corrected chi connectivity index (χ1v) is 10.2. The minimum absolute atomic E-state index is 0.0162. The lowest BCUT2D eigenvalue weighted by atomic mass is 10.1. The molecule has 0 saturated carbocycles. The number of anilines is 1. The third-order valence-electron chi connectivity index (χ3n) is 4.90. The molecule has 0 amide bonds. The molecule has 1 aromatic carbocycles. The number of benzene rings is 1. The van der Waals surface area contributed by atoms with Crippen molar-refractivity contribution in [1.82, 2.24) is 9.88 Å². The van der Waals surface area contributed by atoms with Gasteiger partial charge in [0.05, 0.1) is 21.6 Å². The Morgan fingerprint density at radius 2 is 1.87 bits per heavy atom. The number of pyridine rings is 1. The van der Waals surface area contributed by atoms with Crippen LogP contribution in [-0.4, -0.2) is 64.1 Å². The molecule has 30 heavy (non-hydrogen) atoms. The second kappa shape index (κ2) is 8.62. The molecule has 0 radical (unpaired) electrons. The molecule has 0 aliphatic carbocycles. The van der Waals surface area contributed by atoms with Crippen LogP contribution in [0.1, 0.15) is 29.6 Å². The van der Waals surface area contributed by atoms with Crippen LogP contribution in [0.4, 0.5) is 10.1 Å². The number of aliphatic hydroxyl groups is 1. The maximum atomic E-state index is 14.6. The second-order valence-corrected chi connectivity index (χ2v) is 8.28. The van der Waals surface area contributed by atoms with Crippen LogP contribution in [0, 0.1) is 5.82 Å². The summed E-state index contributed by atoms with van der Waals surface area (Å²) in [5, 5.41) is 28.9. The van der Waals surface area contributed by atoms with Gasteiger partial charge >= 0.3 is 11.9 Å². The van der Waals surface area contributed by atoms with Gasteiger partial charge in [0.15, 0.2) is 0 Å². The third-order valence-corrected chi connectivity index (χ3v) is 6.08. The zero-order valence-electron chi connectivity index (χ0n) is 16.4. The first-order valence-electron chi connectivity index (χ1n) is 9.31. The first kappa shape index (κ1) is 22.1. The Balaban J connectivity index is 0.000000377. The number of hydrogen-bond donors (Lipinski definition) is 4. The van der Waals surface area contributed by atoms with E-state index in [0.717, 1.165) is 13.1 Å². The number of fused-ring (bicyclic) bond motifs is 3. The lowest BCUT2D eigenvalue weighted by Gasteiger charge is -2.34. The van der Waals surface area contributed by atoms with E-state index in [1.165, 1.54) is 24.8 Å². The molecule has 0 bridgehead atoms. The van der Waals surface area contributed by atoms with Gasteiger partial charge in [0.2, 0.25) is 5.43 Å². The number of aromatic nitrogens is 1. The molecule has 1 aromatic heterocycles. The van der Waals surface area contributed by atoms with E-state index in [1.807, 2.05) is 16.4 Å².